The van der Waals surface area contributed by atoms with Crippen LogP contribution >= 0.6 is 23.5 Å². The first-order valence-corrected chi connectivity index (χ1v) is 6.22. The molecule has 0 saturated heterocycles. The van der Waals surface area contributed by atoms with E-state index < -0.39 is 0 Å². The number of hydrogen-bond donors (Lipinski definition) is 0. The quantitative estimate of drug-likeness (QED) is 0.515. The molecule has 0 N–H and O–H groups in total. The SMILES string of the molecule is CC=C(C)CC(C#N)(SC)SC. The van der Waals surface area contributed by atoms with Crippen LogP contribution in [0.4, 0.5) is 0 Å². The third-order valence-electron chi connectivity index (χ3n) is 1.83. The van der Waals surface area contributed by atoms with Crippen LogP contribution in [-0.2, 0) is 0 Å². The van der Waals surface area contributed by atoms with Crippen LogP contribution in [-0.4, -0.2) is 16.6 Å². The predicted molar refractivity (Wildman–Crippen MR) is 59.4 cm³/mol. The zero-order valence-electron chi connectivity index (χ0n) is 8.05. The molecule has 0 atom stereocenters. The van der Waals surface area contributed by atoms with E-state index in [-0.39, 0.29) is 4.08 Å². The van der Waals surface area contributed by atoms with Crippen molar-refractivity contribution in [1.29, 1.82) is 5.26 Å². The van der Waals surface area contributed by atoms with Crippen molar-refractivity contribution >= 4 is 23.5 Å². The van der Waals surface area contributed by atoms with E-state index in [1.807, 2.05) is 19.4 Å². The number of thioether (sulfide) groups is 2. The average Bonchev–Trinajstić information content (AvgIpc) is 2.14. The van der Waals surface area contributed by atoms with Crippen LogP contribution in [0.3, 0.4) is 0 Å². The Bertz CT molecular complexity index is 199. The maximum atomic E-state index is 9.00. The van der Waals surface area contributed by atoms with Crippen LogP contribution in [0.15, 0.2) is 11.6 Å². The molecule has 68 valence electrons. The lowest BCUT2D eigenvalue weighted by atomic mass is 10.1. The third-order valence-corrected chi connectivity index (χ3v) is 4.62. The minimum Gasteiger partial charge on any atom is -0.196 e. The average molecular weight is 201 g/mol. The Morgan fingerprint density at radius 3 is 2.25 bits per heavy atom. The van der Waals surface area contributed by atoms with E-state index in [0.717, 1.165) is 6.42 Å². The summed E-state index contributed by atoms with van der Waals surface area (Å²) in [5, 5.41) is 9.00. The molecule has 0 aliphatic heterocycles. The second-order valence-electron chi connectivity index (χ2n) is 2.58. The van der Waals surface area contributed by atoms with Crippen LogP contribution in [0, 0.1) is 11.3 Å². The lowest BCUT2D eigenvalue weighted by Gasteiger charge is -2.21. The van der Waals surface area contributed by atoms with Gasteiger partial charge in [0.1, 0.15) is 0 Å². The normalized spacial score (nSPS) is 12.8. The maximum absolute atomic E-state index is 9.00. The molecule has 0 radical (unpaired) electrons. The smallest absolute Gasteiger partial charge is 0.151 e. The van der Waals surface area contributed by atoms with E-state index in [0.29, 0.717) is 0 Å². The van der Waals surface area contributed by atoms with E-state index >= 15 is 0 Å². The maximum Gasteiger partial charge on any atom is 0.151 e. The number of nitriles is 1. The lowest BCUT2D eigenvalue weighted by molar-refractivity contribution is 0.951. The highest BCUT2D eigenvalue weighted by molar-refractivity contribution is 8.18. The molecule has 0 fully saturated rings. The van der Waals surface area contributed by atoms with Crippen molar-refractivity contribution in [2.75, 3.05) is 12.5 Å². The molecule has 0 heterocycles. The minimum atomic E-state index is -0.281. The summed E-state index contributed by atoms with van der Waals surface area (Å²) in [4.78, 5) is 0. The van der Waals surface area contributed by atoms with Crippen LogP contribution < -0.4 is 0 Å². The summed E-state index contributed by atoms with van der Waals surface area (Å²) >= 11 is 3.24. The van der Waals surface area contributed by atoms with E-state index in [2.05, 4.69) is 19.1 Å². The summed E-state index contributed by atoms with van der Waals surface area (Å²) in [6.07, 6.45) is 6.90. The first kappa shape index (κ1) is 11.9. The second kappa shape index (κ2) is 5.55. The largest absolute Gasteiger partial charge is 0.196 e. The molecule has 0 rings (SSSR count). The van der Waals surface area contributed by atoms with Crippen LogP contribution in [0.5, 0.6) is 0 Å². The standard InChI is InChI=1S/C9H15NS2/c1-5-8(2)6-9(7-10,11-3)12-4/h5H,6H2,1-4H3. The van der Waals surface area contributed by atoms with E-state index in [1.165, 1.54) is 5.57 Å². The van der Waals surface area contributed by atoms with E-state index in [4.69, 9.17) is 5.26 Å². The monoisotopic (exact) mass is 201 g/mol. The molecule has 0 aliphatic rings. The van der Waals surface area contributed by atoms with Crippen molar-refractivity contribution in [2.24, 2.45) is 0 Å². The lowest BCUT2D eigenvalue weighted by Crippen LogP contribution is -2.16. The number of nitrogens with zero attached hydrogens (tertiary/aromatic N) is 1. The molecule has 0 aromatic carbocycles. The summed E-state index contributed by atoms with van der Waals surface area (Å²) in [6, 6.07) is 2.37. The Balaban J connectivity index is 4.44. The van der Waals surface area contributed by atoms with Gasteiger partial charge in [-0.3, -0.25) is 0 Å². The van der Waals surface area contributed by atoms with Gasteiger partial charge in [0.25, 0.3) is 0 Å². The first-order chi connectivity index (χ1) is 5.64. The van der Waals surface area contributed by atoms with Crippen molar-refractivity contribution in [3.05, 3.63) is 11.6 Å². The Morgan fingerprint density at radius 2 is 2.00 bits per heavy atom. The molecule has 0 bridgehead atoms. The molecular formula is C9H15NS2. The molecule has 12 heavy (non-hydrogen) atoms. The van der Waals surface area contributed by atoms with Crippen molar-refractivity contribution in [2.45, 2.75) is 24.3 Å². The van der Waals surface area contributed by atoms with Gasteiger partial charge in [0.05, 0.1) is 6.07 Å². The van der Waals surface area contributed by atoms with Crippen LogP contribution in [0.2, 0.25) is 0 Å². The number of hydrogen-bond acceptors (Lipinski definition) is 3. The predicted octanol–water partition coefficient (Wildman–Crippen LogP) is 3.29. The Labute approximate surface area is 83.6 Å². The van der Waals surface area contributed by atoms with Gasteiger partial charge in [-0.05, 0) is 26.4 Å². The highest BCUT2D eigenvalue weighted by atomic mass is 32.2. The van der Waals surface area contributed by atoms with E-state index in [9.17, 15) is 0 Å². The first-order valence-electron chi connectivity index (χ1n) is 3.77. The fourth-order valence-corrected chi connectivity index (χ4v) is 2.42. The summed E-state index contributed by atoms with van der Waals surface area (Å²) in [7, 11) is 0. The van der Waals surface area contributed by atoms with Gasteiger partial charge in [-0.2, -0.15) is 5.26 Å². The molecule has 0 unspecified atom stereocenters. The highest BCUT2D eigenvalue weighted by Gasteiger charge is 2.27. The van der Waals surface area contributed by atoms with Gasteiger partial charge in [-0.15, -0.1) is 23.5 Å². The summed E-state index contributed by atoms with van der Waals surface area (Å²) < 4.78 is -0.281. The van der Waals surface area contributed by atoms with Gasteiger partial charge in [0.2, 0.25) is 0 Å². The van der Waals surface area contributed by atoms with Crippen molar-refractivity contribution in [3.63, 3.8) is 0 Å². The molecule has 1 nitrogen and oxygen atoms in total. The molecule has 0 amide bonds. The van der Waals surface area contributed by atoms with Gasteiger partial charge in [0, 0.05) is 6.42 Å². The third kappa shape index (κ3) is 3.12. The van der Waals surface area contributed by atoms with Gasteiger partial charge in [-0.1, -0.05) is 11.6 Å². The van der Waals surface area contributed by atoms with Crippen molar-refractivity contribution in [3.8, 4) is 6.07 Å². The van der Waals surface area contributed by atoms with Gasteiger partial charge < -0.3 is 0 Å². The van der Waals surface area contributed by atoms with Crippen molar-refractivity contribution in [1.82, 2.24) is 0 Å². The zero-order valence-corrected chi connectivity index (χ0v) is 9.68. The van der Waals surface area contributed by atoms with E-state index in [1.54, 1.807) is 23.5 Å². The van der Waals surface area contributed by atoms with Gasteiger partial charge in [-0.25, -0.2) is 0 Å². The summed E-state index contributed by atoms with van der Waals surface area (Å²) in [6.45, 7) is 4.08. The molecule has 0 aromatic heterocycles. The molecule has 0 aromatic rings. The Morgan fingerprint density at radius 1 is 1.50 bits per heavy atom. The fraction of sp³-hybridized carbons (Fsp3) is 0.667. The minimum absolute atomic E-state index is 0.281. The molecule has 0 aliphatic carbocycles. The second-order valence-corrected chi connectivity index (χ2v) is 5.05. The summed E-state index contributed by atoms with van der Waals surface area (Å²) in [5.74, 6) is 0. The molecule has 0 saturated carbocycles. The van der Waals surface area contributed by atoms with Gasteiger partial charge >= 0.3 is 0 Å². The van der Waals surface area contributed by atoms with Crippen molar-refractivity contribution < 1.29 is 0 Å². The fourth-order valence-electron chi connectivity index (χ4n) is 0.828. The van der Waals surface area contributed by atoms with Crippen LogP contribution in [0.25, 0.3) is 0 Å². The van der Waals surface area contributed by atoms with Crippen LogP contribution in [0.1, 0.15) is 20.3 Å². The molecule has 0 spiro atoms. The topological polar surface area (TPSA) is 23.8 Å². The zero-order chi connectivity index (χ0) is 9.61. The van der Waals surface area contributed by atoms with Gasteiger partial charge in [0.15, 0.2) is 4.08 Å². The summed E-state index contributed by atoms with van der Waals surface area (Å²) in [5.41, 5.74) is 1.28. The highest BCUT2D eigenvalue weighted by Crippen LogP contribution is 2.38. The molecule has 3 heteroatoms. The Kier molecular flexibility index (Phi) is 5.52. The Hall–Kier alpha value is -0.0700. The number of allylic oxidation sites excluding steroid dienone is 2. The number of rotatable bonds is 4. The molecular weight excluding hydrogens is 186 g/mol.